The van der Waals surface area contributed by atoms with Crippen LogP contribution >= 0.6 is 11.6 Å². The molecule has 0 aliphatic rings. The molecule has 2 aromatic rings. The van der Waals surface area contributed by atoms with Gasteiger partial charge in [-0.3, -0.25) is 4.98 Å². The molecule has 0 fully saturated rings. The number of nitrogens with zero attached hydrogens (tertiary/aromatic N) is 1. The van der Waals surface area contributed by atoms with E-state index in [0.717, 1.165) is 12.2 Å². The van der Waals surface area contributed by atoms with Gasteiger partial charge in [0.05, 0.1) is 16.8 Å². The van der Waals surface area contributed by atoms with E-state index < -0.39 is 0 Å². The largest absolute Gasteiger partial charge is 0.305 e. The summed E-state index contributed by atoms with van der Waals surface area (Å²) >= 11 is 5.81. The summed E-state index contributed by atoms with van der Waals surface area (Å²) < 4.78 is 13.8. The van der Waals surface area contributed by atoms with Gasteiger partial charge in [-0.1, -0.05) is 36.7 Å². The molecular weight excluding hydrogens is 251 g/mol. The van der Waals surface area contributed by atoms with E-state index in [-0.39, 0.29) is 11.9 Å². The van der Waals surface area contributed by atoms with Crippen molar-refractivity contribution in [3.63, 3.8) is 0 Å². The van der Waals surface area contributed by atoms with Crippen molar-refractivity contribution in [1.29, 1.82) is 0 Å². The molecule has 0 bridgehead atoms. The molecule has 0 aliphatic heterocycles. The van der Waals surface area contributed by atoms with Crippen LogP contribution < -0.4 is 5.32 Å². The summed E-state index contributed by atoms with van der Waals surface area (Å²) in [6, 6.07) is 10.0. The van der Waals surface area contributed by atoms with Crippen molar-refractivity contribution < 1.29 is 4.39 Å². The third-order valence-electron chi connectivity index (χ3n) is 2.67. The monoisotopic (exact) mass is 264 g/mol. The molecule has 0 amide bonds. The Morgan fingerprint density at radius 2 is 2.06 bits per heavy atom. The normalized spacial score (nSPS) is 12.4. The Kier molecular flexibility index (Phi) is 4.28. The van der Waals surface area contributed by atoms with Gasteiger partial charge in [-0.2, -0.15) is 0 Å². The Labute approximate surface area is 111 Å². The van der Waals surface area contributed by atoms with Crippen molar-refractivity contribution in [3.8, 4) is 0 Å². The molecule has 4 heteroatoms. The Balaban J connectivity index is 2.40. The van der Waals surface area contributed by atoms with Gasteiger partial charge < -0.3 is 5.32 Å². The zero-order valence-corrected chi connectivity index (χ0v) is 10.8. The molecule has 0 radical (unpaired) electrons. The number of nitrogens with one attached hydrogen (secondary N) is 1. The lowest BCUT2D eigenvalue weighted by molar-refractivity contribution is 0.552. The summed E-state index contributed by atoms with van der Waals surface area (Å²) in [6.07, 6.45) is 1.57. The lowest BCUT2D eigenvalue weighted by Gasteiger charge is -2.18. The van der Waals surface area contributed by atoms with Crippen LogP contribution in [0.15, 0.2) is 42.6 Å². The van der Waals surface area contributed by atoms with Gasteiger partial charge in [0.25, 0.3) is 0 Å². The number of rotatable bonds is 4. The molecule has 1 unspecified atom stereocenters. The summed E-state index contributed by atoms with van der Waals surface area (Å²) in [5.74, 6) is -0.236. The van der Waals surface area contributed by atoms with E-state index in [1.165, 1.54) is 6.07 Å². The van der Waals surface area contributed by atoms with Crippen LogP contribution in [0.3, 0.4) is 0 Å². The Bertz CT molecular complexity index is 513. The zero-order chi connectivity index (χ0) is 13.0. The molecule has 2 nitrogen and oxygen atoms in total. The number of hydrogen-bond acceptors (Lipinski definition) is 2. The molecule has 1 heterocycles. The first kappa shape index (κ1) is 13.0. The van der Waals surface area contributed by atoms with Crippen LogP contribution in [0.1, 0.15) is 24.2 Å². The fraction of sp³-hybridized carbons (Fsp3) is 0.214. The number of benzene rings is 1. The molecule has 2 rings (SSSR count). The van der Waals surface area contributed by atoms with Gasteiger partial charge in [0, 0.05) is 11.8 Å². The molecule has 0 spiro atoms. The third kappa shape index (κ3) is 2.86. The maximum atomic E-state index is 13.8. The first-order valence-electron chi connectivity index (χ1n) is 5.81. The smallest absolute Gasteiger partial charge is 0.128 e. The van der Waals surface area contributed by atoms with Gasteiger partial charge in [0.2, 0.25) is 0 Å². The summed E-state index contributed by atoms with van der Waals surface area (Å²) in [7, 11) is 0. The number of aromatic nitrogens is 1. The summed E-state index contributed by atoms with van der Waals surface area (Å²) in [5, 5.41) is 3.80. The number of hydrogen-bond donors (Lipinski definition) is 1. The predicted molar refractivity (Wildman–Crippen MR) is 71.2 cm³/mol. The van der Waals surface area contributed by atoms with Gasteiger partial charge in [0.15, 0.2) is 0 Å². The third-order valence-corrected chi connectivity index (χ3v) is 2.89. The van der Waals surface area contributed by atoms with E-state index in [1.54, 1.807) is 24.4 Å². The highest BCUT2D eigenvalue weighted by atomic mass is 35.5. The second kappa shape index (κ2) is 5.94. The Morgan fingerprint density at radius 3 is 2.67 bits per heavy atom. The Hall–Kier alpha value is -1.45. The van der Waals surface area contributed by atoms with Gasteiger partial charge in [-0.25, -0.2) is 4.39 Å². The fourth-order valence-electron chi connectivity index (χ4n) is 1.85. The second-order valence-corrected chi connectivity index (χ2v) is 4.35. The molecule has 0 aliphatic carbocycles. The SMILES string of the molecule is CCNC(c1ccc(Cl)cn1)c1ccccc1F. The quantitative estimate of drug-likeness (QED) is 0.913. The summed E-state index contributed by atoms with van der Waals surface area (Å²) in [6.45, 7) is 2.70. The van der Waals surface area contributed by atoms with Crippen molar-refractivity contribution in [1.82, 2.24) is 10.3 Å². The van der Waals surface area contributed by atoms with Crippen LogP contribution in [-0.2, 0) is 0 Å². The van der Waals surface area contributed by atoms with Crippen molar-refractivity contribution in [2.75, 3.05) is 6.54 Å². The lowest BCUT2D eigenvalue weighted by Crippen LogP contribution is -2.23. The zero-order valence-electron chi connectivity index (χ0n) is 10.0. The molecule has 18 heavy (non-hydrogen) atoms. The minimum absolute atomic E-state index is 0.236. The minimum Gasteiger partial charge on any atom is -0.305 e. The average molecular weight is 265 g/mol. The van der Waals surface area contributed by atoms with E-state index in [2.05, 4.69) is 10.3 Å². The minimum atomic E-state index is -0.256. The Morgan fingerprint density at radius 1 is 1.28 bits per heavy atom. The van der Waals surface area contributed by atoms with Crippen LogP contribution in [0.4, 0.5) is 4.39 Å². The molecular formula is C14H14ClFN2. The highest BCUT2D eigenvalue weighted by molar-refractivity contribution is 6.30. The molecule has 1 aromatic heterocycles. The first-order chi connectivity index (χ1) is 8.72. The fourth-order valence-corrected chi connectivity index (χ4v) is 1.96. The van der Waals surface area contributed by atoms with Crippen LogP contribution in [-0.4, -0.2) is 11.5 Å². The number of pyridine rings is 1. The molecule has 0 saturated heterocycles. The topological polar surface area (TPSA) is 24.9 Å². The average Bonchev–Trinajstić information content (AvgIpc) is 2.38. The van der Waals surface area contributed by atoms with Gasteiger partial charge in [0.1, 0.15) is 5.82 Å². The maximum Gasteiger partial charge on any atom is 0.128 e. The van der Waals surface area contributed by atoms with E-state index in [4.69, 9.17) is 11.6 Å². The summed E-state index contributed by atoms with van der Waals surface area (Å²) in [5.41, 5.74) is 1.35. The first-order valence-corrected chi connectivity index (χ1v) is 6.19. The van der Waals surface area contributed by atoms with E-state index in [9.17, 15) is 4.39 Å². The van der Waals surface area contributed by atoms with Crippen LogP contribution in [0.25, 0.3) is 0 Å². The molecule has 1 N–H and O–H groups in total. The van der Waals surface area contributed by atoms with Crippen molar-refractivity contribution in [2.24, 2.45) is 0 Å². The van der Waals surface area contributed by atoms with Crippen LogP contribution in [0, 0.1) is 5.82 Å². The summed E-state index contributed by atoms with van der Waals surface area (Å²) in [4.78, 5) is 4.25. The van der Waals surface area contributed by atoms with E-state index >= 15 is 0 Å². The molecule has 1 aromatic carbocycles. The van der Waals surface area contributed by atoms with Crippen molar-refractivity contribution >= 4 is 11.6 Å². The van der Waals surface area contributed by atoms with Crippen LogP contribution in [0.2, 0.25) is 5.02 Å². The lowest BCUT2D eigenvalue weighted by atomic mass is 10.0. The highest BCUT2D eigenvalue weighted by Crippen LogP contribution is 2.23. The van der Waals surface area contributed by atoms with E-state index in [1.807, 2.05) is 19.1 Å². The second-order valence-electron chi connectivity index (χ2n) is 3.91. The van der Waals surface area contributed by atoms with Gasteiger partial charge in [-0.05, 0) is 24.7 Å². The van der Waals surface area contributed by atoms with E-state index in [0.29, 0.717) is 10.6 Å². The van der Waals surface area contributed by atoms with Gasteiger partial charge in [-0.15, -0.1) is 0 Å². The maximum absolute atomic E-state index is 13.8. The molecule has 1 atom stereocenters. The number of halogens is 2. The molecule has 94 valence electrons. The standard InChI is InChI=1S/C14H14ClFN2/c1-2-17-14(11-5-3-4-6-12(11)16)13-8-7-10(15)9-18-13/h3-9,14,17H,2H2,1H3. The predicted octanol–water partition coefficient (Wildman–Crippen LogP) is 3.57. The highest BCUT2D eigenvalue weighted by Gasteiger charge is 2.17. The van der Waals surface area contributed by atoms with Crippen LogP contribution in [0.5, 0.6) is 0 Å². The van der Waals surface area contributed by atoms with Crippen molar-refractivity contribution in [2.45, 2.75) is 13.0 Å². The van der Waals surface area contributed by atoms with Crippen molar-refractivity contribution in [3.05, 3.63) is 64.7 Å². The molecule has 0 saturated carbocycles. The van der Waals surface area contributed by atoms with Gasteiger partial charge >= 0.3 is 0 Å².